The van der Waals surface area contributed by atoms with E-state index in [9.17, 15) is 17.8 Å². The maximum atomic E-state index is 12.1. The van der Waals surface area contributed by atoms with Crippen LogP contribution in [0.2, 0.25) is 0 Å². The molecule has 0 radical (unpaired) electrons. The number of hydroxylamine groups is 2. The van der Waals surface area contributed by atoms with Crippen LogP contribution in [0.25, 0.3) is 0 Å². The SMILES string of the molecule is C=C(C)C1=C[C@@H](COC)N2C[C@@H]1N(OS(=O)(=O)[O-])C2=O. The molecule has 2 aliphatic heterocycles. The van der Waals surface area contributed by atoms with Crippen molar-refractivity contribution in [3.63, 3.8) is 0 Å². The number of amides is 2. The van der Waals surface area contributed by atoms with Crippen LogP contribution in [0.4, 0.5) is 4.79 Å². The number of nitrogens with zero attached hydrogens (tertiary/aromatic N) is 2. The van der Waals surface area contributed by atoms with Gasteiger partial charge in [0.1, 0.15) is 6.04 Å². The molecule has 0 saturated carbocycles. The van der Waals surface area contributed by atoms with Gasteiger partial charge in [-0.25, -0.2) is 13.2 Å². The molecule has 2 amide bonds. The minimum Gasteiger partial charge on any atom is -0.724 e. The molecule has 9 heteroatoms. The van der Waals surface area contributed by atoms with Gasteiger partial charge in [-0.05, 0) is 12.5 Å². The number of hydrogen-bond acceptors (Lipinski definition) is 6. The summed E-state index contributed by atoms with van der Waals surface area (Å²) < 4.78 is 41.5. The average Bonchev–Trinajstić information content (AvgIpc) is 2.57. The van der Waals surface area contributed by atoms with E-state index in [1.165, 1.54) is 12.0 Å². The van der Waals surface area contributed by atoms with Crippen molar-refractivity contribution in [3.05, 3.63) is 23.8 Å². The van der Waals surface area contributed by atoms with Crippen molar-refractivity contribution < 1.29 is 26.8 Å². The molecule has 2 heterocycles. The Kier molecular flexibility index (Phi) is 3.87. The molecule has 0 spiro atoms. The van der Waals surface area contributed by atoms with Gasteiger partial charge in [0, 0.05) is 7.11 Å². The summed E-state index contributed by atoms with van der Waals surface area (Å²) in [4.78, 5) is 13.5. The van der Waals surface area contributed by atoms with E-state index in [4.69, 9.17) is 4.74 Å². The molecule has 0 unspecified atom stereocenters. The van der Waals surface area contributed by atoms with Crippen LogP contribution >= 0.6 is 0 Å². The molecule has 2 rings (SSSR count). The van der Waals surface area contributed by atoms with Crippen LogP contribution in [0, 0.1) is 0 Å². The van der Waals surface area contributed by atoms with Gasteiger partial charge >= 0.3 is 6.03 Å². The topological polar surface area (TPSA) is 99.2 Å². The molecule has 0 N–H and O–H groups in total. The summed E-state index contributed by atoms with van der Waals surface area (Å²) in [7, 11) is -3.52. The highest BCUT2D eigenvalue weighted by molar-refractivity contribution is 7.80. The van der Waals surface area contributed by atoms with Crippen molar-refractivity contribution >= 4 is 16.4 Å². The van der Waals surface area contributed by atoms with Crippen molar-refractivity contribution in [2.75, 3.05) is 20.3 Å². The summed E-state index contributed by atoms with van der Waals surface area (Å²) in [6.45, 7) is 6.01. The molecule has 0 aromatic heterocycles. The molecule has 0 aromatic carbocycles. The number of methoxy groups -OCH3 is 1. The molecule has 8 nitrogen and oxygen atoms in total. The zero-order chi connectivity index (χ0) is 15.1. The van der Waals surface area contributed by atoms with Crippen molar-refractivity contribution in [1.29, 1.82) is 0 Å². The summed E-state index contributed by atoms with van der Waals surface area (Å²) >= 11 is 0. The molecule has 2 atom stereocenters. The Balaban J connectivity index is 2.36. The van der Waals surface area contributed by atoms with Gasteiger partial charge in [-0.1, -0.05) is 18.2 Å². The lowest BCUT2D eigenvalue weighted by Gasteiger charge is -2.29. The Morgan fingerprint density at radius 3 is 2.75 bits per heavy atom. The summed E-state index contributed by atoms with van der Waals surface area (Å²) in [5.41, 5.74) is 1.33. The van der Waals surface area contributed by atoms with Gasteiger partial charge in [-0.3, -0.25) is 0 Å². The Bertz CT molecular complexity index is 569. The van der Waals surface area contributed by atoms with E-state index in [2.05, 4.69) is 10.9 Å². The Labute approximate surface area is 117 Å². The van der Waals surface area contributed by atoms with E-state index in [0.29, 0.717) is 16.2 Å². The third kappa shape index (κ3) is 2.70. The highest BCUT2D eigenvalue weighted by Crippen LogP contribution is 2.33. The minimum atomic E-state index is -5.02. The van der Waals surface area contributed by atoms with Crippen LogP contribution < -0.4 is 0 Å². The molecule has 112 valence electrons. The lowest BCUT2D eigenvalue weighted by atomic mass is 9.95. The van der Waals surface area contributed by atoms with Crippen molar-refractivity contribution in [2.45, 2.75) is 19.0 Å². The van der Waals surface area contributed by atoms with Crippen LogP contribution in [0.1, 0.15) is 6.92 Å². The zero-order valence-corrected chi connectivity index (χ0v) is 11.9. The first-order valence-electron chi connectivity index (χ1n) is 5.86. The van der Waals surface area contributed by atoms with Gasteiger partial charge in [0.25, 0.3) is 0 Å². The van der Waals surface area contributed by atoms with Gasteiger partial charge in [-0.15, -0.1) is 0 Å². The fourth-order valence-corrected chi connectivity index (χ4v) is 2.79. The summed E-state index contributed by atoms with van der Waals surface area (Å²) in [6.07, 6.45) is 1.78. The number of urea groups is 1. The number of fused-ring (bicyclic) bond motifs is 2. The van der Waals surface area contributed by atoms with Crippen LogP contribution in [0.15, 0.2) is 23.8 Å². The zero-order valence-electron chi connectivity index (χ0n) is 11.1. The number of hydrogen-bond donors (Lipinski definition) is 0. The van der Waals surface area contributed by atoms with Crippen LogP contribution in [0.5, 0.6) is 0 Å². The van der Waals surface area contributed by atoms with E-state index in [-0.39, 0.29) is 19.2 Å². The summed E-state index contributed by atoms with van der Waals surface area (Å²) in [6, 6.07) is -1.68. The average molecular weight is 303 g/mol. The second-order valence-corrected chi connectivity index (χ2v) is 5.65. The molecule has 0 aliphatic carbocycles. The van der Waals surface area contributed by atoms with Gasteiger partial charge in [0.15, 0.2) is 0 Å². The number of ether oxygens (including phenoxy) is 1. The van der Waals surface area contributed by atoms with Crippen LogP contribution in [0.3, 0.4) is 0 Å². The molecule has 1 fully saturated rings. The van der Waals surface area contributed by atoms with E-state index >= 15 is 0 Å². The van der Waals surface area contributed by atoms with Crippen LogP contribution in [-0.4, -0.2) is 61.3 Å². The Morgan fingerprint density at radius 2 is 2.25 bits per heavy atom. The first kappa shape index (κ1) is 15.0. The molecular weight excluding hydrogens is 288 g/mol. The molecular formula is C11H15N2O6S-. The van der Waals surface area contributed by atoms with Crippen LogP contribution in [-0.2, 0) is 19.4 Å². The molecule has 2 bridgehead atoms. The van der Waals surface area contributed by atoms with E-state index in [0.717, 1.165) is 0 Å². The lowest BCUT2D eigenvalue weighted by molar-refractivity contribution is -0.0220. The molecule has 2 aliphatic rings. The normalized spacial score (nSPS) is 25.9. The van der Waals surface area contributed by atoms with E-state index in [1.54, 1.807) is 13.0 Å². The maximum Gasteiger partial charge on any atom is 0.346 e. The number of rotatable bonds is 5. The molecule has 20 heavy (non-hydrogen) atoms. The van der Waals surface area contributed by atoms with E-state index < -0.39 is 22.5 Å². The number of carbonyl (C=O) groups is 1. The summed E-state index contributed by atoms with van der Waals surface area (Å²) in [5, 5.41) is 0.596. The quantitative estimate of drug-likeness (QED) is 0.524. The first-order valence-corrected chi connectivity index (χ1v) is 7.19. The number of carbonyl (C=O) groups excluding carboxylic acids is 1. The highest BCUT2D eigenvalue weighted by atomic mass is 32.3. The highest BCUT2D eigenvalue weighted by Gasteiger charge is 2.47. The minimum absolute atomic E-state index is 0.223. The van der Waals surface area contributed by atoms with E-state index in [1.807, 2.05) is 0 Å². The maximum absolute atomic E-state index is 12.1. The van der Waals surface area contributed by atoms with Gasteiger partial charge < -0.3 is 14.2 Å². The van der Waals surface area contributed by atoms with Crippen molar-refractivity contribution in [2.24, 2.45) is 0 Å². The van der Waals surface area contributed by atoms with Gasteiger partial charge in [-0.2, -0.15) is 9.35 Å². The first-order chi connectivity index (χ1) is 9.24. The van der Waals surface area contributed by atoms with Crippen molar-refractivity contribution in [3.8, 4) is 0 Å². The smallest absolute Gasteiger partial charge is 0.346 e. The van der Waals surface area contributed by atoms with Crippen molar-refractivity contribution in [1.82, 2.24) is 9.96 Å². The predicted molar refractivity (Wildman–Crippen MR) is 67.1 cm³/mol. The predicted octanol–water partition coefficient (Wildman–Crippen LogP) is 0.0155. The van der Waals surface area contributed by atoms with Gasteiger partial charge in [0.2, 0.25) is 10.4 Å². The second-order valence-electron chi connectivity index (χ2n) is 4.68. The lowest BCUT2D eigenvalue weighted by Crippen LogP contribution is -2.41. The fraction of sp³-hybridized carbons (Fsp3) is 0.545. The van der Waals surface area contributed by atoms with Gasteiger partial charge in [0.05, 0.1) is 19.2 Å². The molecule has 0 aromatic rings. The largest absolute Gasteiger partial charge is 0.724 e. The Hall–Kier alpha value is -1.42. The second kappa shape index (κ2) is 5.17. The standard InChI is InChI=1S/C11H16N2O6S/c1-7(2)9-4-8(6-18-3)12-5-10(9)13(11(12)14)19-20(15,16)17/h4,8,10H,1,5-6H2,2-3H3,(H,15,16,17)/p-1/t8-,10-/m0/s1. The third-order valence-electron chi connectivity index (χ3n) is 3.22. The monoisotopic (exact) mass is 303 g/mol. The molecule has 1 saturated heterocycles. The Morgan fingerprint density at radius 1 is 1.60 bits per heavy atom. The summed E-state index contributed by atoms with van der Waals surface area (Å²) in [5.74, 6) is 0. The third-order valence-corrected chi connectivity index (χ3v) is 3.56. The fourth-order valence-electron chi connectivity index (χ4n) is 2.43.